The number of aryl methyl sites for hydroxylation is 2. The van der Waals surface area contributed by atoms with Gasteiger partial charge in [-0.2, -0.15) is 0 Å². The predicted molar refractivity (Wildman–Crippen MR) is 126 cm³/mol. The van der Waals surface area contributed by atoms with Gasteiger partial charge < -0.3 is 5.32 Å². The van der Waals surface area contributed by atoms with Crippen LogP contribution in [0.15, 0.2) is 66.7 Å². The van der Waals surface area contributed by atoms with Gasteiger partial charge in [0.25, 0.3) is 11.6 Å². The molecule has 0 unspecified atom stereocenters. The first-order valence-corrected chi connectivity index (χ1v) is 11.0. The van der Waals surface area contributed by atoms with Gasteiger partial charge >= 0.3 is 0 Å². The largest absolute Gasteiger partial charge is 0.322 e. The van der Waals surface area contributed by atoms with Crippen LogP contribution in [0.25, 0.3) is 0 Å². The van der Waals surface area contributed by atoms with Crippen LogP contribution < -0.4 is 10.2 Å². The maximum Gasteiger partial charge on any atom is 0.270 e. The van der Waals surface area contributed by atoms with Crippen molar-refractivity contribution in [3.05, 3.63) is 99.1 Å². The highest BCUT2D eigenvalue weighted by Gasteiger charge is 2.34. The number of nitro benzene ring substituents is 1. The van der Waals surface area contributed by atoms with Crippen LogP contribution in [-0.4, -0.2) is 22.5 Å². The summed E-state index contributed by atoms with van der Waals surface area (Å²) < 4.78 is 0. The molecule has 1 aliphatic rings. The minimum absolute atomic E-state index is 0.0664. The SMILES string of the molecule is Cc1ccc(C)c(N2C(=O)CS[C@@H]2c2ccc(NC(=O)c3cccc([N+](=O)[O-])c3)cc2)c1. The highest BCUT2D eigenvalue weighted by Crippen LogP contribution is 2.43. The summed E-state index contributed by atoms with van der Waals surface area (Å²) in [5.41, 5.74) is 4.63. The molecule has 3 aromatic rings. The summed E-state index contributed by atoms with van der Waals surface area (Å²) in [6.45, 7) is 4.00. The number of amides is 2. The number of carbonyl (C=O) groups excluding carboxylic acids is 2. The summed E-state index contributed by atoms with van der Waals surface area (Å²) in [6, 6.07) is 19.0. The van der Waals surface area contributed by atoms with E-state index >= 15 is 0 Å². The Kier molecular flexibility index (Phi) is 5.96. The van der Waals surface area contributed by atoms with Crippen molar-refractivity contribution < 1.29 is 14.5 Å². The van der Waals surface area contributed by atoms with E-state index in [1.165, 1.54) is 24.3 Å². The van der Waals surface area contributed by atoms with Crippen molar-refractivity contribution in [2.24, 2.45) is 0 Å². The summed E-state index contributed by atoms with van der Waals surface area (Å²) in [4.78, 5) is 37.4. The smallest absolute Gasteiger partial charge is 0.270 e. The fourth-order valence-corrected chi connectivity index (χ4v) is 4.77. The lowest BCUT2D eigenvalue weighted by molar-refractivity contribution is -0.384. The third kappa shape index (κ3) is 4.36. The van der Waals surface area contributed by atoms with Crippen molar-refractivity contribution >= 4 is 40.6 Å². The van der Waals surface area contributed by atoms with Crippen LogP contribution in [0, 0.1) is 24.0 Å². The molecule has 0 saturated carbocycles. The molecular formula is C24H21N3O4S. The van der Waals surface area contributed by atoms with Crippen molar-refractivity contribution in [2.45, 2.75) is 19.2 Å². The maximum absolute atomic E-state index is 12.7. The number of anilines is 2. The Labute approximate surface area is 189 Å². The van der Waals surface area contributed by atoms with E-state index in [1.807, 2.05) is 49.1 Å². The minimum atomic E-state index is -0.534. The number of hydrogen-bond acceptors (Lipinski definition) is 5. The van der Waals surface area contributed by atoms with E-state index < -0.39 is 10.8 Å². The van der Waals surface area contributed by atoms with Gasteiger partial charge in [0.2, 0.25) is 5.91 Å². The first kappa shape index (κ1) is 21.6. The lowest BCUT2D eigenvalue weighted by Crippen LogP contribution is -2.28. The number of rotatable bonds is 5. The molecule has 8 heteroatoms. The van der Waals surface area contributed by atoms with Crippen LogP contribution in [0.3, 0.4) is 0 Å². The van der Waals surface area contributed by atoms with E-state index in [-0.39, 0.29) is 22.5 Å². The number of nitrogens with zero attached hydrogens (tertiary/aromatic N) is 2. The van der Waals surface area contributed by atoms with Gasteiger partial charge in [0.15, 0.2) is 0 Å². The fourth-order valence-electron chi connectivity index (χ4n) is 3.61. The second-order valence-corrected chi connectivity index (χ2v) is 8.67. The zero-order valence-corrected chi connectivity index (χ0v) is 18.4. The van der Waals surface area contributed by atoms with E-state index in [0.717, 1.165) is 22.4 Å². The summed E-state index contributed by atoms with van der Waals surface area (Å²) in [7, 11) is 0. The van der Waals surface area contributed by atoms with Gasteiger partial charge in [0.1, 0.15) is 5.37 Å². The van der Waals surface area contributed by atoms with Gasteiger partial charge in [-0.05, 0) is 54.8 Å². The monoisotopic (exact) mass is 447 g/mol. The van der Waals surface area contributed by atoms with Gasteiger partial charge in [-0.15, -0.1) is 11.8 Å². The Morgan fingerprint density at radius 1 is 1.09 bits per heavy atom. The molecule has 1 atom stereocenters. The third-order valence-electron chi connectivity index (χ3n) is 5.26. The molecule has 0 aromatic heterocycles. The minimum Gasteiger partial charge on any atom is -0.322 e. The molecule has 32 heavy (non-hydrogen) atoms. The maximum atomic E-state index is 12.7. The van der Waals surface area contributed by atoms with Crippen LogP contribution in [0.2, 0.25) is 0 Å². The van der Waals surface area contributed by atoms with E-state index in [4.69, 9.17) is 0 Å². The average Bonchev–Trinajstić information content (AvgIpc) is 3.17. The molecule has 1 fully saturated rings. The summed E-state index contributed by atoms with van der Waals surface area (Å²) in [5.74, 6) is 0.0455. The molecule has 0 radical (unpaired) electrons. The number of hydrogen-bond donors (Lipinski definition) is 1. The molecule has 1 saturated heterocycles. The molecule has 4 rings (SSSR count). The Balaban J connectivity index is 1.53. The quantitative estimate of drug-likeness (QED) is 0.426. The van der Waals surface area contributed by atoms with Crippen molar-refractivity contribution in [1.29, 1.82) is 0 Å². The highest BCUT2D eigenvalue weighted by atomic mass is 32.2. The molecular weight excluding hydrogens is 426 g/mol. The average molecular weight is 448 g/mol. The predicted octanol–water partition coefficient (Wildman–Crippen LogP) is 5.24. The first-order chi connectivity index (χ1) is 15.3. The summed E-state index contributed by atoms with van der Waals surface area (Å²) in [6.07, 6.45) is 0. The van der Waals surface area contributed by atoms with E-state index in [9.17, 15) is 19.7 Å². The summed E-state index contributed by atoms with van der Waals surface area (Å²) >= 11 is 1.57. The highest BCUT2D eigenvalue weighted by molar-refractivity contribution is 8.00. The van der Waals surface area contributed by atoms with Gasteiger partial charge in [0, 0.05) is 29.1 Å². The second-order valence-electron chi connectivity index (χ2n) is 7.60. The molecule has 1 heterocycles. The molecule has 0 aliphatic carbocycles. The molecule has 0 bridgehead atoms. The molecule has 1 N–H and O–H groups in total. The van der Waals surface area contributed by atoms with Crippen molar-refractivity contribution in [2.75, 3.05) is 16.0 Å². The van der Waals surface area contributed by atoms with Crippen LogP contribution in [-0.2, 0) is 4.79 Å². The van der Waals surface area contributed by atoms with Crippen LogP contribution >= 0.6 is 11.8 Å². The lowest BCUT2D eigenvalue weighted by atomic mass is 10.1. The Bertz CT molecular complexity index is 1210. The van der Waals surface area contributed by atoms with Crippen molar-refractivity contribution in [1.82, 2.24) is 0 Å². The number of nitro groups is 1. The number of benzene rings is 3. The first-order valence-electron chi connectivity index (χ1n) is 10.00. The number of thioether (sulfide) groups is 1. The zero-order chi connectivity index (χ0) is 22.8. The second kappa shape index (κ2) is 8.84. The Hall–Kier alpha value is -3.65. The number of carbonyl (C=O) groups is 2. The molecule has 3 aromatic carbocycles. The van der Waals surface area contributed by atoms with E-state index in [0.29, 0.717) is 11.4 Å². The number of non-ortho nitro benzene ring substituents is 1. The Morgan fingerprint density at radius 3 is 2.56 bits per heavy atom. The molecule has 1 aliphatic heterocycles. The molecule has 2 amide bonds. The van der Waals surface area contributed by atoms with Crippen LogP contribution in [0.5, 0.6) is 0 Å². The third-order valence-corrected chi connectivity index (χ3v) is 6.48. The topological polar surface area (TPSA) is 92.6 Å². The van der Waals surface area contributed by atoms with Gasteiger partial charge in [-0.1, -0.05) is 30.3 Å². The van der Waals surface area contributed by atoms with Gasteiger partial charge in [-0.3, -0.25) is 24.6 Å². The van der Waals surface area contributed by atoms with E-state index in [2.05, 4.69) is 5.32 Å². The Morgan fingerprint density at radius 2 is 1.84 bits per heavy atom. The molecule has 7 nitrogen and oxygen atoms in total. The van der Waals surface area contributed by atoms with Crippen molar-refractivity contribution in [3.63, 3.8) is 0 Å². The van der Waals surface area contributed by atoms with Crippen LogP contribution in [0.4, 0.5) is 17.1 Å². The molecule has 162 valence electrons. The zero-order valence-electron chi connectivity index (χ0n) is 17.6. The molecule has 0 spiro atoms. The van der Waals surface area contributed by atoms with E-state index in [1.54, 1.807) is 23.9 Å². The lowest BCUT2D eigenvalue weighted by Gasteiger charge is -2.26. The van der Waals surface area contributed by atoms with Gasteiger partial charge in [-0.25, -0.2) is 0 Å². The summed E-state index contributed by atoms with van der Waals surface area (Å²) in [5, 5.41) is 13.5. The normalized spacial score (nSPS) is 15.6. The van der Waals surface area contributed by atoms with Gasteiger partial charge in [0.05, 0.1) is 10.7 Å². The van der Waals surface area contributed by atoms with Crippen LogP contribution in [0.1, 0.15) is 32.4 Å². The fraction of sp³-hybridized carbons (Fsp3) is 0.167. The standard InChI is InChI=1S/C24H21N3O4S/c1-15-6-7-16(2)21(12-15)26-22(28)14-32-24(26)17-8-10-19(11-9-17)25-23(29)18-4-3-5-20(13-18)27(30)31/h3-13,24H,14H2,1-2H3,(H,25,29)/t24-/m1/s1. The van der Waals surface area contributed by atoms with Crippen molar-refractivity contribution in [3.8, 4) is 0 Å². The number of nitrogens with one attached hydrogen (secondary N) is 1.